The van der Waals surface area contributed by atoms with Gasteiger partial charge in [-0.05, 0) is 19.1 Å². The summed E-state index contributed by atoms with van der Waals surface area (Å²) >= 11 is 0. The summed E-state index contributed by atoms with van der Waals surface area (Å²) in [6, 6.07) is 5.30. The average Bonchev–Trinajstić information content (AvgIpc) is 2.39. The molecule has 2 aromatic rings. The first-order chi connectivity index (χ1) is 8.81. The first kappa shape index (κ1) is 12.4. The Bertz CT molecular complexity index is 537. The lowest BCUT2D eigenvalue weighted by molar-refractivity contribution is -0.135. The van der Waals surface area contributed by atoms with Gasteiger partial charge in [0, 0.05) is 19.0 Å². The Morgan fingerprint density at radius 1 is 1.28 bits per heavy atom. The number of nitrogens with zero attached hydrogens (tertiary/aromatic N) is 2. The lowest BCUT2D eigenvalue weighted by atomic mass is 10.3. The number of rotatable bonds is 5. The summed E-state index contributed by atoms with van der Waals surface area (Å²) in [7, 11) is 0. The van der Waals surface area contributed by atoms with Gasteiger partial charge in [0.25, 0.3) is 0 Å². The molecule has 2 rings (SSSR count). The van der Waals surface area contributed by atoms with Crippen LogP contribution in [-0.2, 0) is 9.53 Å². The van der Waals surface area contributed by atoms with Crippen LogP contribution < -0.4 is 4.74 Å². The fraction of sp³-hybridized carbons (Fsp3) is 0.308. The number of hydrogen-bond acceptors (Lipinski definition) is 5. The van der Waals surface area contributed by atoms with Gasteiger partial charge in [0.05, 0.1) is 18.5 Å². The molecule has 0 aliphatic carbocycles. The molecule has 5 heteroatoms. The van der Waals surface area contributed by atoms with Crippen LogP contribution in [-0.4, -0.2) is 29.2 Å². The zero-order valence-electron chi connectivity index (χ0n) is 10.1. The van der Waals surface area contributed by atoms with Crippen molar-refractivity contribution >= 4 is 17.0 Å². The number of hydrogen-bond donors (Lipinski definition) is 0. The second kappa shape index (κ2) is 6.07. The Morgan fingerprint density at radius 3 is 2.94 bits per heavy atom. The maximum atomic E-state index is 11.6. The minimum absolute atomic E-state index is 0.227. The summed E-state index contributed by atoms with van der Waals surface area (Å²) in [5.41, 5.74) is 1.29. The fourth-order valence-corrected chi connectivity index (χ4v) is 1.52. The lowest BCUT2D eigenvalue weighted by Crippen LogP contribution is -2.11. The molecule has 1 heterocycles. The molecule has 1 aromatic heterocycles. The Morgan fingerprint density at radius 2 is 2.11 bits per heavy atom. The van der Waals surface area contributed by atoms with Crippen LogP contribution in [0, 0.1) is 0 Å². The standard InChI is InChI=1S/C13H14N2O3/c1-2-17-9-6-12(16)18-11-5-3-4-10-13(11)15-8-7-14-10/h3-5,7-8H,2,6,9H2,1H3. The van der Waals surface area contributed by atoms with Gasteiger partial charge in [-0.15, -0.1) is 0 Å². The minimum atomic E-state index is -0.332. The van der Waals surface area contributed by atoms with Gasteiger partial charge in [-0.1, -0.05) is 6.07 Å². The molecule has 0 aliphatic heterocycles. The number of carbonyl (C=O) groups is 1. The molecule has 0 N–H and O–H groups in total. The van der Waals surface area contributed by atoms with E-state index < -0.39 is 0 Å². The number of fused-ring (bicyclic) bond motifs is 1. The number of ether oxygens (including phenoxy) is 2. The van der Waals surface area contributed by atoms with Gasteiger partial charge >= 0.3 is 5.97 Å². The number of aromatic nitrogens is 2. The summed E-state index contributed by atoms with van der Waals surface area (Å²) in [6.45, 7) is 2.84. The van der Waals surface area contributed by atoms with Crippen LogP contribution in [0.15, 0.2) is 30.6 Å². The maximum absolute atomic E-state index is 11.6. The number of carbonyl (C=O) groups excluding carboxylic acids is 1. The van der Waals surface area contributed by atoms with E-state index in [0.717, 1.165) is 0 Å². The highest BCUT2D eigenvalue weighted by Crippen LogP contribution is 2.21. The van der Waals surface area contributed by atoms with E-state index in [1.807, 2.05) is 13.0 Å². The number of esters is 1. The molecule has 0 saturated heterocycles. The van der Waals surface area contributed by atoms with Crippen molar-refractivity contribution in [3.05, 3.63) is 30.6 Å². The van der Waals surface area contributed by atoms with Crippen LogP contribution in [0.5, 0.6) is 5.75 Å². The van der Waals surface area contributed by atoms with Crippen molar-refractivity contribution in [2.75, 3.05) is 13.2 Å². The highest BCUT2D eigenvalue weighted by molar-refractivity contribution is 5.84. The van der Waals surface area contributed by atoms with Crippen LogP contribution >= 0.6 is 0 Å². The van der Waals surface area contributed by atoms with Crippen LogP contribution in [0.1, 0.15) is 13.3 Å². The van der Waals surface area contributed by atoms with Crippen molar-refractivity contribution in [2.24, 2.45) is 0 Å². The highest BCUT2D eigenvalue weighted by Gasteiger charge is 2.09. The summed E-state index contributed by atoms with van der Waals surface area (Å²) in [5.74, 6) is 0.101. The Hall–Kier alpha value is -2.01. The van der Waals surface area contributed by atoms with E-state index >= 15 is 0 Å². The molecule has 1 aromatic carbocycles. The monoisotopic (exact) mass is 246 g/mol. The second-order valence-electron chi connectivity index (χ2n) is 3.60. The number of para-hydroxylation sites is 1. The lowest BCUT2D eigenvalue weighted by Gasteiger charge is -2.06. The van der Waals surface area contributed by atoms with Gasteiger partial charge in [0.15, 0.2) is 5.75 Å². The summed E-state index contributed by atoms with van der Waals surface area (Å²) in [5, 5.41) is 0. The van der Waals surface area contributed by atoms with Gasteiger partial charge in [-0.3, -0.25) is 9.78 Å². The molecular weight excluding hydrogens is 232 g/mol. The molecule has 0 radical (unpaired) electrons. The first-order valence-electron chi connectivity index (χ1n) is 5.79. The van der Waals surface area contributed by atoms with Crippen molar-refractivity contribution in [2.45, 2.75) is 13.3 Å². The van der Waals surface area contributed by atoms with Crippen LogP contribution in [0.3, 0.4) is 0 Å². The van der Waals surface area contributed by atoms with Gasteiger partial charge in [0.2, 0.25) is 0 Å². The average molecular weight is 246 g/mol. The summed E-state index contributed by atoms with van der Waals surface area (Å²) in [6.07, 6.45) is 3.40. The highest BCUT2D eigenvalue weighted by atomic mass is 16.5. The first-order valence-corrected chi connectivity index (χ1v) is 5.79. The zero-order chi connectivity index (χ0) is 12.8. The van der Waals surface area contributed by atoms with E-state index in [2.05, 4.69) is 9.97 Å². The van der Waals surface area contributed by atoms with Crippen molar-refractivity contribution in [1.82, 2.24) is 9.97 Å². The molecule has 18 heavy (non-hydrogen) atoms. The number of benzene rings is 1. The van der Waals surface area contributed by atoms with Crippen molar-refractivity contribution in [1.29, 1.82) is 0 Å². The Balaban J connectivity index is 2.09. The predicted molar refractivity (Wildman–Crippen MR) is 66.3 cm³/mol. The molecule has 5 nitrogen and oxygen atoms in total. The fourth-order valence-electron chi connectivity index (χ4n) is 1.52. The van der Waals surface area contributed by atoms with Crippen LogP contribution in [0.4, 0.5) is 0 Å². The van der Waals surface area contributed by atoms with Gasteiger partial charge < -0.3 is 9.47 Å². The summed E-state index contributed by atoms with van der Waals surface area (Å²) in [4.78, 5) is 19.9. The van der Waals surface area contributed by atoms with Gasteiger partial charge in [-0.2, -0.15) is 0 Å². The third-order valence-electron chi connectivity index (χ3n) is 2.34. The molecule has 0 aliphatic rings. The Kier molecular flexibility index (Phi) is 4.20. The van der Waals surface area contributed by atoms with Crippen LogP contribution in [0.2, 0.25) is 0 Å². The van der Waals surface area contributed by atoms with Crippen molar-refractivity contribution in [3.63, 3.8) is 0 Å². The quantitative estimate of drug-likeness (QED) is 0.458. The van der Waals surface area contributed by atoms with E-state index in [1.165, 1.54) is 0 Å². The van der Waals surface area contributed by atoms with Gasteiger partial charge in [-0.25, -0.2) is 4.98 Å². The molecular formula is C13H14N2O3. The minimum Gasteiger partial charge on any atom is -0.424 e. The van der Waals surface area contributed by atoms with Crippen molar-refractivity contribution in [3.8, 4) is 5.75 Å². The molecule has 0 unspecified atom stereocenters. The second-order valence-corrected chi connectivity index (χ2v) is 3.60. The molecule has 0 amide bonds. The normalized spacial score (nSPS) is 10.5. The van der Waals surface area contributed by atoms with Crippen molar-refractivity contribution < 1.29 is 14.3 Å². The van der Waals surface area contributed by atoms with E-state index in [4.69, 9.17) is 9.47 Å². The third kappa shape index (κ3) is 3.01. The zero-order valence-corrected chi connectivity index (χ0v) is 10.1. The maximum Gasteiger partial charge on any atom is 0.313 e. The molecule has 0 bridgehead atoms. The Labute approximate surface area is 105 Å². The SMILES string of the molecule is CCOCCC(=O)Oc1cccc2nccnc12. The topological polar surface area (TPSA) is 61.3 Å². The smallest absolute Gasteiger partial charge is 0.313 e. The molecule has 0 fully saturated rings. The van der Waals surface area contributed by atoms with E-state index in [-0.39, 0.29) is 12.4 Å². The van der Waals surface area contributed by atoms with Gasteiger partial charge in [0.1, 0.15) is 5.52 Å². The van der Waals surface area contributed by atoms with E-state index in [1.54, 1.807) is 24.5 Å². The predicted octanol–water partition coefficient (Wildman–Crippen LogP) is 1.96. The summed E-state index contributed by atoms with van der Waals surface area (Å²) < 4.78 is 10.4. The molecule has 0 atom stereocenters. The molecule has 94 valence electrons. The van der Waals surface area contributed by atoms with E-state index in [0.29, 0.717) is 30.0 Å². The molecule has 0 spiro atoms. The van der Waals surface area contributed by atoms with E-state index in [9.17, 15) is 4.79 Å². The largest absolute Gasteiger partial charge is 0.424 e. The third-order valence-corrected chi connectivity index (χ3v) is 2.34. The van der Waals surface area contributed by atoms with Crippen LogP contribution in [0.25, 0.3) is 11.0 Å². The molecule has 0 saturated carbocycles.